The second-order valence-electron chi connectivity index (χ2n) is 5.75. The summed E-state index contributed by atoms with van der Waals surface area (Å²) < 4.78 is 5.87. The molecule has 0 bridgehead atoms. The van der Waals surface area contributed by atoms with Crippen LogP contribution in [0.5, 0.6) is 5.75 Å². The van der Waals surface area contributed by atoms with E-state index in [1.165, 1.54) is 68.2 Å². The van der Waals surface area contributed by atoms with Crippen molar-refractivity contribution in [3.63, 3.8) is 0 Å². The van der Waals surface area contributed by atoms with Crippen LogP contribution in [0.3, 0.4) is 0 Å². The maximum absolute atomic E-state index is 5.87. The molecule has 2 rings (SSSR count). The van der Waals surface area contributed by atoms with Gasteiger partial charge in [0, 0.05) is 11.5 Å². The number of rotatable bonds is 10. The van der Waals surface area contributed by atoms with Crippen LogP contribution in [0.15, 0.2) is 18.2 Å². The third kappa shape index (κ3) is 5.40. The average molecular weight is 292 g/mol. The van der Waals surface area contributed by atoms with Crippen molar-refractivity contribution in [2.45, 2.75) is 69.8 Å². The van der Waals surface area contributed by atoms with Crippen molar-refractivity contribution in [2.75, 3.05) is 6.61 Å². The number of ether oxygens (including phenoxy) is 1. The van der Waals surface area contributed by atoms with E-state index in [1.54, 1.807) is 0 Å². The fraction of sp³-hybridized carbons (Fsp3) is 0.667. The van der Waals surface area contributed by atoms with Crippen molar-refractivity contribution in [3.05, 3.63) is 29.3 Å². The molecule has 0 amide bonds. The molecule has 1 heterocycles. The molecule has 112 valence electrons. The zero-order chi connectivity index (χ0) is 14.0. The first kappa shape index (κ1) is 15.8. The van der Waals surface area contributed by atoms with Gasteiger partial charge in [0.15, 0.2) is 0 Å². The quantitative estimate of drug-likeness (QED) is 0.493. The van der Waals surface area contributed by atoms with E-state index in [0.29, 0.717) is 0 Å². The minimum Gasteiger partial charge on any atom is -0.494 e. The Morgan fingerprint density at radius 2 is 1.60 bits per heavy atom. The Labute approximate surface area is 128 Å². The van der Waals surface area contributed by atoms with Gasteiger partial charge in [0.2, 0.25) is 0 Å². The van der Waals surface area contributed by atoms with Gasteiger partial charge in [-0.2, -0.15) is 11.8 Å². The van der Waals surface area contributed by atoms with Crippen LogP contribution in [-0.2, 0) is 11.5 Å². The molecule has 0 spiro atoms. The van der Waals surface area contributed by atoms with Crippen LogP contribution in [0.1, 0.15) is 69.4 Å². The molecule has 0 atom stereocenters. The number of hydrogen-bond donors (Lipinski definition) is 0. The van der Waals surface area contributed by atoms with E-state index in [-0.39, 0.29) is 0 Å². The molecular formula is C18H28OS. The third-order valence-electron chi connectivity index (χ3n) is 3.96. The van der Waals surface area contributed by atoms with Crippen LogP contribution < -0.4 is 4.74 Å². The molecule has 1 nitrogen and oxygen atoms in total. The molecule has 0 aromatic heterocycles. The van der Waals surface area contributed by atoms with Crippen molar-refractivity contribution in [1.29, 1.82) is 0 Å². The van der Waals surface area contributed by atoms with Gasteiger partial charge in [-0.15, -0.1) is 0 Å². The molecule has 0 saturated heterocycles. The fourth-order valence-electron chi connectivity index (χ4n) is 2.66. The van der Waals surface area contributed by atoms with Gasteiger partial charge in [0.1, 0.15) is 5.75 Å². The maximum Gasteiger partial charge on any atom is 0.119 e. The summed E-state index contributed by atoms with van der Waals surface area (Å²) in [7, 11) is 0. The van der Waals surface area contributed by atoms with Crippen molar-refractivity contribution < 1.29 is 4.74 Å². The lowest BCUT2D eigenvalue weighted by Crippen LogP contribution is -1.98. The molecule has 0 aliphatic carbocycles. The van der Waals surface area contributed by atoms with Gasteiger partial charge in [-0.05, 0) is 29.7 Å². The molecule has 0 radical (unpaired) electrons. The third-order valence-corrected chi connectivity index (χ3v) is 4.99. The van der Waals surface area contributed by atoms with E-state index in [9.17, 15) is 0 Å². The molecule has 1 aliphatic rings. The average Bonchev–Trinajstić information content (AvgIpc) is 2.93. The first-order valence-electron chi connectivity index (χ1n) is 8.22. The highest BCUT2D eigenvalue weighted by atomic mass is 32.2. The standard InChI is InChI=1S/C18H28OS/c1-2-3-4-5-6-7-8-9-12-19-18-11-10-16-14-20-15-17(16)13-18/h10-11,13H,2-9,12,14-15H2,1H3. The van der Waals surface area contributed by atoms with E-state index < -0.39 is 0 Å². The lowest BCUT2D eigenvalue weighted by atomic mass is 10.1. The molecule has 2 heteroatoms. The summed E-state index contributed by atoms with van der Waals surface area (Å²) in [5.74, 6) is 3.40. The van der Waals surface area contributed by atoms with Crippen molar-refractivity contribution in [2.24, 2.45) is 0 Å². The monoisotopic (exact) mass is 292 g/mol. The lowest BCUT2D eigenvalue weighted by Gasteiger charge is -2.08. The molecule has 0 unspecified atom stereocenters. The normalized spacial score (nSPS) is 13.4. The summed E-state index contributed by atoms with van der Waals surface area (Å²) in [6, 6.07) is 6.61. The first-order valence-corrected chi connectivity index (χ1v) is 9.38. The molecule has 0 saturated carbocycles. The minimum atomic E-state index is 0.876. The number of unbranched alkanes of at least 4 members (excludes halogenated alkanes) is 7. The van der Waals surface area contributed by atoms with Crippen LogP contribution in [0.2, 0.25) is 0 Å². The Balaban J connectivity index is 1.51. The molecule has 0 N–H and O–H groups in total. The molecule has 1 aromatic rings. The lowest BCUT2D eigenvalue weighted by molar-refractivity contribution is 0.304. The highest BCUT2D eigenvalue weighted by molar-refractivity contribution is 7.98. The summed E-state index contributed by atoms with van der Waals surface area (Å²) in [5, 5.41) is 0. The largest absolute Gasteiger partial charge is 0.494 e. The van der Waals surface area contributed by atoms with Crippen molar-refractivity contribution in [3.8, 4) is 5.75 Å². The highest BCUT2D eigenvalue weighted by Gasteiger charge is 2.11. The van der Waals surface area contributed by atoms with Crippen LogP contribution in [-0.4, -0.2) is 6.61 Å². The van der Waals surface area contributed by atoms with E-state index >= 15 is 0 Å². The van der Waals surface area contributed by atoms with Gasteiger partial charge in [0.05, 0.1) is 6.61 Å². The zero-order valence-corrected chi connectivity index (χ0v) is 13.6. The second-order valence-corrected chi connectivity index (χ2v) is 6.73. The first-order chi connectivity index (χ1) is 9.90. The van der Waals surface area contributed by atoms with E-state index in [1.807, 2.05) is 11.8 Å². The van der Waals surface area contributed by atoms with E-state index in [0.717, 1.165) is 18.1 Å². The molecule has 0 fully saturated rings. The molecule has 1 aromatic carbocycles. The maximum atomic E-state index is 5.87. The fourth-order valence-corrected chi connectivity index (χ4v) is 3.76. The summed E-state index contributed by atoms with van der Waals surface area (Å²) in [6.07, 6.45) is 10.8. The number of benzene rings is 1. The smallest absolute Gasteiger partial charge is 0.119 e. The van der Waals surface area contributed by atoms with E-state index in [2.05, 4.69) is 25.1 Å². The van der Waals surface area contributed by atoms with Crippen LogP contribution >= 0.6 is 11.8 Å². The van der Waals surface area contributed by atoms with Crippen LogP contribution in [0.4, 0.5) is 0 Å². The number of thioether (sulfide) groups is 1. The Morgan fingerprint density at radius 3 is 2.40 bits per heavy atom. The SMILES string of the molecule is CCCCCCCCCCOc1ccc2c(c1)CSC2. The summed E-state index contributed by atoms with van der Waals surface area (Å²) in [5.41, 5.74) is 2.97. The van der Waals surface area contributed by atoms with Crippen LogP contribution in [0, 0.1) is 0 Å². The van der Waals surface area contributed by atoms with Crippen molar-refractivity contribution in [1.82, 2.24) is 0 Å². The Morgan fingerprint density at radius 1 is 0.900 bits per heavy atom. The van der Waals surface area contributed by atoms with Crippen LogP contribution in [0.25, 0.3) is 0 Å². The van der Waals surface area contributed by atoms with Crippen molar-refractivity contribution >= 4 is 11.8 Å². The summed E-state index contributed by atoms with van der Waals surface area (Å²) in [6.45, 7) is 3.15. The van der Waals surface area contributed by atoms with Gasteiger partial charge >= 0.3 is 0 Å². The highest BCUT2D eigenvalue weighted by Crippen LogP contribution is 2.32. The topological polar surface area (TPSA) is 9.23 Å². The Bertz CT molecular complexity index is 389. The molecule has 1 aliphatic heterocycles. The number of hydrogen-bond acceptors (Lipinski definition) is 2. The van der Waals surface area contributed by atoms with E-state index in [4.69, 9.17) is 4.74 Å². The summed E-state index contributed by atoms with van der Waals surface area (Å²) in [4.78, 5) is 0. The Hall–Kier alpha value is -0.630. The number of fused-ring (bicyclic) bond motifs is 1. The molecule has 20 heavy (non-hydrogen) atoms. The summed E-state index contributed by atoms with van der Waals surface area (Å²) >= 11 is 2.00. The second kappa shape index (κ2) is 9.33. The predicted octanol–water partition coefficient (Wildman–Crippen LogP) is 5.95. The van der Waals surface area contributed by atoms with Gasteiger partial charge < -0.3 is 4.74 Å². The predicted molar refractivity (Wildman–Crippen MR) is 89.5 cm³/mol. The Kier molecular flexibility index (Phi) is 7.35. The van der Waals surface area contributed by atoms with Gasteiger partial charge in [0.25, 0.3) is 0 Å². The minimum absolute atomic E-state index is 0.876. The van der Waals surface area contributed by atoms with Gasteiger partial charge in [-0.3, -0.25) is 0 Å². The molecular weight excluding hydrogens is 264 g/mol. The van der Waals surface area contributed by atoms with Gasteiger partial charge in [-0.1, -0.05) is 57.9 Å². The zero-order valence-electron chi connectivity index (χ0n) is 12.8. The van der Waals surface area contributed by atoms with Gasteiger partial charge in [-0.25, -0.2) is 0 Å².